The van der Waals surface area contributed by atoms with Crippen molar-refractivity contribution in [2.24, 2.45) is 0 Å². The highest BCUT2D eigenvalue weighted by molar-refractivity contribution is 6.31. The standard InChI is InChI=1S/C72H45N3.C40H23N3O/c1-3-16-46(17-4-1)55-41-56(47-18-5-2-6-19-47)43-57(42-55)49-30-33-51(34-31-49)71-64-27-13-14-29-66(64)73-72(74-71)63-28-15-23-53-44-58(37-38-59(53)63)75-67-39-36-50-21-9-10-24-60(50)69(67)70-62-26-12-11-25-61(62)65(45-68(70)75)54-35-32-48-20-7-8-22-52(48)40-54;1-3-11-27-24(9-1)18-21-33-37(27)38-28-12-4-2-10-25(28)19-22-34(38)43(33)40-41-32-15-7-5-14-31(32)39(42-40)26-17-20-30-29-13-6-8-16-35(29)44-36(30)23-26/h1-45H;1-23H. The third-order valence-corrected chi connectivity index (χ3v) is 24.3. The average Bonchev–Trinajstić information content (AvgIpc) is 1.56. The van der Waals surface area contributed by atoms with Gasteiger partial charge in [-0.05, 0) is 200 Å². The normalized spacial score (nSPS) is 11.9. The van der Waals surface area contributed by atoms with Gasteiger partial charge in [-0.15, -0.1) is 0 Å². The second-order valence-electron chi connectivity index (χ2n) is 31.1. The van der Waals surface area contributed by atoms with Crippen LogP contribution in [-0.4, -0.2) is 29.1 Å². The van der Waals surface area contributed by atoms with Crippen LogP contribution < -0.4 is 0 Å². The fourth-order valence-electron chi connectivity index (χ4n) is 18.8. The molecular formula is C112H68N6O. The molecule has 7 heteroatoms. The SMILES string of the molecule is c1ccc(-c2cc(-c3ccccc3)cc(-c3ccc(-c4nc(-c5cccc6cc(-n7c8ccc9ccccc9c8c8c9ccccc9c(-c9ccc%10ccccc%10c9)cc87)ccc56)nc5ccccc45)cc3)c2)cc1.c1ccc2c(c1)ccc1c2c2c3ccccc3ccc2n1-c1nc(-c2ccc3c(c2)oc2ccccc23)c2ccccc2n1. The number of fused-ring (bicyclic) bond motifs is 21. The Hall–Kier alpha value is -16.0. The van der Waals surface area contributed by atoms with Gasteiger partial charge in [0.25, 0.3) is 0 Å². The topological polar surface area (TPSA) is 74.6 Å². The number of hydrogen-bond acceptors (Lipinski definition) is 5. The van der Waals surface area contributed by atoms with Crippen molar-refractivity contribution >= 4 is 152 Å². The summed E-state index contributed by atoms with van der Waals surface area (Å²) in [4.78, 5) is 21.3. The van der Waals surface area contributed by atoms with Crippen LogP contribution in [0.4, 0.5) is 0 Å². The molecule has 0 N–H and O–H groups in total. The van der Waals surface area contributed by atoms with Crippen LogP contribution in [0, 0.1) is 0 Å². The van der Waals surface area contributed by atoms with Gasteiger partial charge in [0.1, 0.15) is 11.2 Å². The van der Waals surface area contributed by atoms with Crippen molar-refractivity contribution in [2.45, 2.75) is 0 Å². The van der Waals surface area contributed by atoms with Crippen molar-refractivity contribution in [3.8, 4) is 90.0 Å². The molecule has 0 aliphatic rings. The Morgan fingerprint density at radius 2 is 0.639 bits per heavy atom. The summed E-state index contributed by atoms with van der Waals surface area (Å²) in [5.41, 5.74) is 23.5. The van der Waals surface area contributed by atoms with Crippen molar-refractivity contribution < 1.29 is 4.42 Å². The quantitative estimate of drug-likeness (QED) is 0.144. The van der Waals surface area contributed by atoms with E-state index in [0.29, 0.717) is 11.8 Å². The molecule has 7 nitrogen and oxygen atoms in total. The smallest absolute Gasteiger partial charge is 0.235 e. The lowest BCUT2D eigenvalue weighted by molar-refractivity contribution is 0.669. The maximum Gasteiger partial charge on any atom is 0.235 e. The maximum absolute atomic E-state index is 6.28. The molecule has 25 rings (SSSR count). The summed E-state index contributed by atoms with van der Waals surface area (Å²) in [7, 11) is 0. The summed E-state index contributed by atoms with van der Waals surface area (Å²) in [6.45, 7) is 0. The summed E-state index contributed by atoms with van der Waals surface area (Å²) in [5.74, 6) is 1.35. The first-order valence-corrected chi connectivity index (χ1v) is 40.5. The van der Waals surface area contributed by atoms with Crippen LogP contribution in [0.15, 0.2) is 417 Å². The Morgan fingerprint density at radius 3 is 1.27 bits per heavy atom. The zero-order chi connectivity index (χ0) is 78.2. The predicted molar refractivity (Wildman–Crippen MR) is 498 cm³/mol. The molecule has 0 bridgehead atoms. The second kappa shape index (κ2) is 27.4. The zero-order valence-corrected chi connectivity index (χ0v) is 64.4. The van der Waals surface area contributed by atoms with Crippen LogP contribution in [0.1, 0.15) is 0 Å². The van der Waals surface area contributed by atoms with Crippen molar-refractivity contribution in [1.82, 2.24) is 29.1 Å². The lowest BCUT2D eigenvalue weighted by Crippen LogP contribution is -2.03. The van der Waals surface area contributed by atoms with Crippen LogP contribution in [0.2, 0.25) is 0 Å². The number of benzene rings is 20. The Kier molecular flexibility index (Phi) is 15.5. The minimum Gasteiger partial charge on any atom is -0.456 e. The van der Waals surface area contributed by atoms with E-state index in [1.165, 1.54) is 120 Å². The number of furan rings is 1. The van der Waals surface area contributed by atoms with Crippen molar-refractivity contribution in [3.63, 3.8) is 0 Å². The fraction of sp³-hybridized carbons (Fsp3) is 0. The van der Waals surface area contributed by atoms with E-state index in [9.17, 15) is 0 Å². The Morgan fingerprint density at radius 1 is 0.193 bits per heavy atom. The minimum atomic E-state index is 0.647. The van der Waals surface area contributed by atoms with Crippen molar-refractivity contribution in [3.05, 3.63) is 413 Å². The molecule has 20 aromatic carbocycles. The molecule has 0 aliphatic carbocycles. The zero-order valence-electron chi connectivity index (χ0n) is 64.4. The lowest BCUT2D eigenvalue weighted by atomic mass is 9.93. The van der Waals surface area contributed by atoms with Gasteiger partial charge in [0.05, 0.1) is 44.5 Å². The molecule has 0 amide bonds. The molecule has 5 aromatic heterocycles. The van der Waals surface area contributed by atoms with Gasteiger partial charge in [-0.25, -0.2) is 19.9 Å². The van der Waals surface area contributed by atoms with Crippen LogP contribution in [0.5, 0.6) is 0 Å². The van der Waals surface area contributed by atoms with E-state index in [1.54, 1.807) is 0 Å². The third kappa shape index (κ3) is 11.2. The molecule has 5 heterocycles. The monoisotopic (exact) mass is 1510 g/mol. The first kappa shape index (κ1) is 67.5. The molecule has 0 radical (unpaired) electrons. The second-order valence-corrected chi connectivity index (χ2v) is 31.1. The number of rotatable bonds is 9. The van der Waals surface area contributed by atoms with E-state index in [1.807, 2.05) is 30.3 Å². The highest BCUT2D eigenvalue weighted by atomic mass is 16.3. The molecule has 0 atom stereocenters. The summed E-state index contributed by atoms with van der Waals surface area (Å²) in [6.07, 6.45) is 0. The van der Waals surface area contributed by atoms with Gasteiger partial charge in [0, 0.05) is 65.5 Å². The lowest BCUT2D eigenvalue weighted by Gasteiger charge is -2.15. The molecule has 0 spiro atoms. The van der Waals surface area contributed by atoms with Crippen molar-refractivity contribution in [1.29, 1.82) is 0 Å². The van der Waals surface area contributed by atoms with Gasteiger partial charge in [-0.2, -0.15) is 0 Å². The highest BCUT2D eigenvalue weighted by Crippen LogP contribution is 2.48. The Labute approximate surface area is 683 Å². The molecular weight excluding hydrogens is 1450 g/mol. The Bertz CT molecular complexity index is 8340. The average molecular weight is 1510 g/mol. The molecule has 0 unspecified atom stereocenters. The van der Waals surface area contributed by atoms with Gasteiger partial charge >= 0.3 is 0 Å². The third-order valence-electron chi connectivity index (χ3n) is 24.3. The maximum atomic E-state index is 6.28. The van der Waals surface area contributed by atoms with Crippen LogP contribution >= 0.6 is 0 Å². The fourth-order valence-corrected chi connectivity index (χ4v) is 18.8. The largest absolute Gasteiger partial charge is 0.456 e. The van der Waals surface area contributed by atoms with Crippen LogP contribution in [-0.2, 0) is 0 Å². The van der Waals surface area contributed by atoms with Gasteiger partial charge in [0.15, 0.2) is 5.82 Å². The molecule has 0 aliphatic heterocycles. The van der Waals surface area contributed by atoms with E-state index in [4.69, 9.17) is 24.4 Å². The van der Waals surface area contributed by atoms with Gasteiger partial charge in [-0.1, -0.05) is 322 Å². The number of nitrogens with zero attached hydrogens (tertiary/aromatic N) is 6. The van der Waals surface area contributed by atoms with E-state index in [0.717, 1.165) is 110 Å². The van der Waals surface area contributed by atoms with E-state index >= 15 is 0 Å². The van der Waals surface area contributed by atoms with E-state index in [-0.39, 0.29) is 0 Å². The van der Waals surface area contributed by atoms with E-state index < -0.39 is 0 Å². The van der Waals surface area contributed by atoms with Gasteiger partial charge in [-0.3, -0.25) is 4.57 Å². The molecule has 119 heavy (non-hydrogen) atoms. The molecule has 0 saturated heterocycles. The molecule has 0 fully saturated rings. The number of hydrogen-bond donors (Lipinski definition) is 0. The summed E-state index contributed by atoms with van der Waals surface area (Å²) in [6, 6.07) is 148. The van der Waals surface area contributed by atoms with Crippen LogP contribution in [0.25, 0.3) is 242 Å². The van der Waals surface area contributed by atoms with Crippen LogP contribution in [0.3, 0.4) is 0 Å². The van der Waals surface area contributed by atoms with Gasteiger partial charge < -0.3 is 8.98 Å². The highest BCUT2D eigenvalue weighted by Gasteiger charge is 2.25. The van der Waals surface area contributed by atoms with Gasteiger partial charge in [0.2, 0.25) is 5.95 Å². The summed E-state index contributed by atoms with van der Waals surface area (Å²) in [5, 5.41) is 23.7. The minimum absolute atomic E-state index is 0.647. The molecule has 0 saturated carbocycles. The first-order valence-electron chi connectivity index (χ1n) is 40.5. The van der Waals surface area contributed by atoms with E-state index in [2.05, 4.69) is 391 Å². The molecule has 25 aromatic rings. The summed E-state index contributed by atoms with van der Waals surface area (Å²) < 4.78 is 11.0. The summed E-state index contributed by atoms with van der Waals surface area (Å²) >= 11 is 0. The Balaban J connectivity index is 0.000000155. The first-order chi connectivity index (χ1) is 59.0. The number of para-hydroxylation sites is 3. The number of aromatic nitrogens is 6. The van der Waals surface area contributed by atoms with Crippen molar-refractivity contribution in [2.75, 3.05) is 0 Å². The predicted octanol–water partition coefficient (Wildman–Crippen LogP) is 29.9. The molecule has 552 valence electrons.